The largest absolute Gasteiger partial charge is 0.308 e. The number of rotatable bonds is 2. The minimum Gasteiger partial charge on any atom is -0.308 e. The van der Waals surface area contributed by atoms with Crippen LogP contribution in [0.2, 0.25) is 0 Å². The van der Waals surface area contributed by atoms with Crippen LogP contribution in [0.1, 0.15) is 11.3 Å². The first kappa shape index (κ1) is 11.6. The Labute approximate surface area is 110 Å². The third-order valence-corrected chi connectivity index (χ3v) is 3.15. The van der Waals surface area contributed by atoms with Gasteiger partial charge >= 0.3 is 0 Å². The highest BCUT2D eigenvalue weighted by atomic mass is 15.4. The average molecular weight is 254 g/mol. The Bertz CT molecular complexity index is 732. The second-order valence-electron chi connectivity index (χ2n) is 4.33. The molecule has 6 heteroatoms. The zero-order valence-corrected chi connectivity index (χ0v) is 10.8. The van der Waals surface area contributed by atoms with Crippen LogP contribution < -0.4 is 11.3 Å². The van der Waals surface area contributed by atoms with E-state index in [1.54, 1.807) is 10.7 Å². The fourth-order valence-electron chi connectivity index (χ4n) is 2.01. The van der Waals surface area contributed by atoms with E-state index in [4.69, 9.17) is 5.84 Å². The summed E-state index contributed by atoms with van der Waals surface area (Å²) < 4.78 is 1.70. The summed E-state index contributed by atoms with van der Waals surface area (Å²) in [5.41, 5.74) is 6.92. The van der Waals surface area contributed by atoms with Gasteiger partial charge in [0.25, 0.3) is 0 Å². The van der Waals surface area contributed by atoms with Crippen LogP contribution in [-0.4, -0.2) is 19.6 Å². The monoisotopic (exact) mass is 254 g/mol. The molecule has 0 amide bonds. The first-order chi connectivity index (χ1) is 9.20. The van der Waals surface area contributed by atoms with Crippen LogP contribution in [0.25, 0.3) is 17.0 Å². The molecule has 3 aromatic heterocycles. The molecule has 0 aliphatic heterocycles. The van der Waals surface area contributed by atoms with Gasteiger partial charge in [-0.1, -0.05) is 6.07 Å². The maximum absolute atomic E-state index is 5.58. The second kappa shape index (κ2) is 4.33. The number of nitrogens with zero attached hydrogens (tertiary/aromatic N) is 4. The van der Waals surface area contributed by atoms with E-state index < -0.39 is 0 Å². The molecule has 96 valence electrons. The van der Waals surface area contributed by atoms with Gasteiger partial charge in [0.15, 0.2) is 5.65 Å². The van der Waals surface area contributed by atoms with Crippen LogP contribution >= 0.6 is 0 Å². The van der Waals surface area contributed by atoms with Crippen LogP contribution in [-0.2, 0) is 0 Å². The van der Waals surface area contributed by atoms with Crippen LogP contribution in [0.3, 0.4) is 0 Å². The molecule has 0 bridgehead atoms. The van der Waals surface area contributed by atoms with E-state index in [0.717, 1.165) is 34.1 Å². The lowest BCUT2D eigenvalue weighted by molar-refractivity contribution is 0.914. The van der Waals surface area contributed by atoms with Crippen molar-refractivity contribution in [1.29, 1.82) is 0 Å². The molecule has 0 spiro atoms. The summed E-state index contributed by atoms with van der Waals surface area (Å²) in [6.07, 6.45) is 1.74. The first-order valence-corrected chi connectivity index (χ1v) is 5.95. The van der Waals surface area contributed by atoms with Gasteiger partial charge < -0.3 is 5.43 Å². The molecule has 3 heterocycles. The van der Waals surface area contributed by atoms with Gasteiger partial charge in [-0.15, -0.1) is 0 Å². The van der Waals surface area contributed by atoms with Gasteiger partial charge in [-0.05, 0) is 26.0 Å². The Kier molecular flexibility index (Phi) is 2.64. The smallest absolute Gasteiger partial charge is 0.158 e. The Hall–Kier alpha value is -2.47. The van der Waals surface area contributed by atoms with Crippen LogP contribution in [0.15, 0.2) is 30.5 Å². The lowest BCUT2D eigenvalue weighted by atomic mass is 10.2. The van der Waals surface area contributed by atoms with Gasteiger partial charge in [0.1, 0.15) is 11.5 Å². The summed E-state index contributed by atoms with van der Waals surface area (Å²) in [7, 11) is 0. The van der Waals surface area contributed by atoms with Gasteiger partial charge in [-0.3, -0.25) is 4.98 Å². The third kappa shape index (κ3) is 1.82. The summed E-state index contributed by atoms with van der Waals surface area (Å²) in [6, 6.07) is 7.61. The number of nitrogen functional groups attached to an aromatic ring is 1. The number of hydrogen-bond donors (Lipinski definition) is 2. The molecule has 0 saturated heterocycles. The molecular formula is C13H14N6. The van der Waals surface area contributed by atoms with E-state index in [1.807, 2.05) is 38.1 Å². The predicted octanol–water partition coefficient (Wildman–Crippen LogP) is 1.69. The van der Waals surface area contributed by atoms with Crippen molar-refractivity contribution < 1.29 is 0 Å². The van der Waals surface area contributed by atoms with Crippen LogP contribution in [0, 0.1) is 13.8 Å². The number of nitrogens with one attached hydrogen (secondary N) is 1. The standard InChI is InChI=1S/C13H14N6/c1-8-9(2)16-12-7-11(10-5-3-4-6-15-10)18-19(12)13(8)17-14/h3-7,17H,14H2,1-2H3. The van der Waals surface area contributed by atoms with Crippen molar-refractivity contribution in [2.24, 2.45) is 5.84 Å². The number of fused-ring (bicyclic) bond motifs is 1. The quantitative estimate of drug-likeness (QED) is 0.537. The highest BCUT2D eigenvalue weighted by Gasteiger charge is 2.12. The molecule has 0 aromatic carbocycles. The summed E-state index contributed by atoms with van der Waals surface area (Å²) in [6.45, 7) is 3.91. The molecule has 3 rings (SSSR count). The van der Waals surface area contributed by atoms with Crippen molar-refractivity contribution in [2.45, 2.75) is 13.8 Å². The highest BCUT2D eigenvalue weighted by Crippen LogP contribution is 2.22. The third-order valence-electron chi connectivity index (χ3n) is 3.15. The molecule has 0 aliphatic carbocycles. The molecule has 3 aromatic rings. The predicted molar refractivity (Wildman–Crippen MR) is 73.5 cm³/mol. The minimum atomic E-state index is 0.740. The van der Waals surface area contributed by atoms with E-state index in [2.05, 4.69) is 20.5 Å². The van der Waals surface area contributed by atoms with Crippen molar-refractivity contribution in [3.63, 3.8) is 0 Å². The molecule has 0 radical (unpaired) electrons. The lowest BCUT2D eigenvalue weighted by Crippen LogP contribution is -2.14. The molecule has 6 nitrogen and oxygen atoms in total. The molecule has 0 aliphatic rings. The van der Waals surface area contributed by atoms with E-state index in [-0.39, 0.29) is 0 Å². The zero-order chi connectivity index (χ0) is 13.4. The number of hydrazine groups is 1. The zero-order valence-electron chi connectivity index (χ0n) is 10.8. The van der Waals surface area contributed by atoms with Crippen molar-refractivity contribution in [3.05, 3.63) is 41.7 Å². The number of aryl methyl sites for hydroxylation is 1. The van der Waals surface area contributed by atoms with Crippen molar-refractivity contribution in [2.75, 3.05) is 5.43 Å². The van der Waals surface area contributed by atoms with Crippen LogP contribution in [0.4, 0.5) is 5.82 Å². The fourth-order valence-corrected chi connectivity index (χ4v) is 2.01. The van der Waals surface area contributed by atoms with Crippen molar-refractivity contribution in [3.8, 4) is 11.4 Å². The van der Waals surface area contributed by atoms with Gasteiger partial charge in [-0.25, -0.2) is 10.8 Å². The molecule has 3 N–H and O–H groups in total. The molecule has 0 saturated carbocycles. The Morgan fingerprint density at radius 3 is 2.74 bits per heavy atom. The Balaban J connectivity index is 2.27. The minimum absolute atomic E-state index is 0.740. The number of anilines is 1. The van der Waals surface area contributed by atoms with Gasteiger partial charge in [0, 0.05) is 23.5 Å². The average Bonchev–Trinajstić information content (AvgIpc) is 2.84. The van der Waals surface area contributed by atoms with E-state index in [0.29, 0.717) is 0 Å². The van der Waals surface area contributed by atoms with Crippen LogP contribution in [0.5, 0.6) is 0 Å². The number of hydrogen-bond acceptors (Lipinski definition) is 5. The maximum atomic E-state index is 5.58. The van der Waals surface area contributed by atoms with Gasteiger partial charge in [0.05, 0.1) is 5.69 Å². The molecule has 0 atom stereocenters. The second-order valence-corrected chi connectivity index (χ2v) is 4.33. The summed E-state index contributed by atoms with van der Waals surface area (Å²) in [4.78, 5) is 8.80. The normalized spacial score (nSPS) is 10.9. The molecule has 19 heavy (non-hydrogen) atoms. The number of aromatic nitrogens is 4. The van der Waals surface area contributed by atoms with Crippen molar-refractivity contribution in [1.82, 2.24) is 19.6 Å². The lowest BCUT2D eigenvalue weighted by Gasteiger charge is -2.08. The van der Waals surface area contributed by atoms with E-state index >= 15 is 0 Å². The maximum Gasteiger partial charge on any atom is 0.158 e. The summed E-state index contributed by atoms with van der Waals surface area (Å²) in [5.74, 6) is 6.32. The summed E-state index contributed by atoms with van der Waals surface area (Å²) >= 11 is 0. The van der Waals surface area contributed by atoms with E-state index in [1.165, 1.54) is 0 Å². The number of pyridine rings is 1. The highest BCUT2D eigenvalue weighted by molar-refractivity contribution is 5.64. The molecule has 0 unspecified atom stereocenters. The first-order valence-electron chi connectivity index (χ1n) is 5.95. The SMILES string of the molecule is Cc1nc2cc(-c3ccccn3)nn2c(NN)c1C. The topological polar surface area (TPSA) is 81.1 Å². The van der Waals surface area contributed by atoms with Gasteiger partial charge in [0.2, 0.25) is 0 Å². The Morgan fingerprint density at radius 1 is 1.21 bits per heavy atom. The van der Waals surface area contributed by atoms with Gasteiger partial charge in [-0.2, -0.15) is 9.61 Å². The summed E-state index contributed by atoms with van der Waals surface area (Å²) in [5, 5.41) is 4.50. The van der Waals surface area contributed by atoms with Crippen molar-refractivity contribution >= 4 is 11.5 Å². The van der Waals surface area contributed by atoms with E-state index in [9.17, 15) is 0 Å². The number of nitrogens with two attached hydrogens (primary N) is 1. The fraction of sp³-hybridized carbons (Fsp3) is 0.154. The molecule has 0 fully saturated rings. The Morgan fingerprint density at radius 2 is 2.05 bits per heavy atom. The molecular weight excluding hydrogens is 240 g/mol.